The van der Waals surface area contributed by atoms with Crippen LogP contribution in [-0.2, 0) is 6.54 Å². The average Bonchev–Trinajstić information content (AvgIpc) is 2.84. The number of aromatic nitrogens is 5. The van der Waals surface area contributed by atoms with Crippen LogP contribution in [0.3, 0.4) is 0 Å². The molecule has 0 saturated carbocycles. The number of rotatable bonds is 3. The van der Waals surface area contributed by atoms with Crippen LogP contribution in [0, 0.1) is 0 Å². The van der Waals surface area contributed by atoms with Crippen LogP contribution in [0.15, 0.2) is 36.9 Å². The SMILES string of the molecule is CC(C)(O)Cn1ncnc1-c1cccc2nccnc12. The fraction of sp³-hybridized carbons (Fsp3) is 0.286. The van der Waals surface area contributed by atoms with Crippen LogP contribution in [-0.4, -0.2) is 35.4 Å². The first-order valence-corrected chi connectivity index (χ1v) is 6.35. The van der Waals surface area contributed by atoms with E-state index in [1.165, 1.54) is 6.33 Å². The summed E-state index contributed by atoms with van der Waals surface area (Å²) in [7, 11) is 0. The first-order chi connectivity index (χ1) is 9.54. The van der Waals surface area contributed by atoms with Gasteiger partial charge < -0.3 is 5.11 Å². The van der Waals surface area contributed by atoms with Crippen LogP contribution in [0.4, 0.5) is 0 Å². The van der Waals surface area contributed by atoms with Gasteiger partial charge in [-0.15, -0.1) is 0 Å². The molecule has 0 unspecified atom stereocenters. The normalized spacial score (nSPS) is 11.9. The van der Waals surface area contributed by atoms with Gasteiger partial charge in [0.05, 0.1) is 23.2 Å². The predicted molar refractivity (Wildman–Crippen MR) is 74.9 cm³/mol. The van der Waals surface area contributed by atoms with Crippen LogP contribution < -0.4 is 0 Å². The smallest absolute Gasteiger partial charge is 0.160 e. The zero-order valence-electron chi connectivity index (χ0n) is 11.4. The zero-order chi connectivity index (χ0) is 14.2. The van der Waals surface area contributed by atoms with E-state index in [-0.39, 0.29) is 0 Å². The van der Waals surface area contributed by atoms with E-state index in [4.69, 9.17) is 0 Å². The third kappa shape index (κ3) is 2.37. The minimum absolute atomic E-state index is 0.360. The molecule has 20 heavy (non-hydrogen) atoms. The summed E-state index contributed by atoms with van der Waals surface area (Å²) < 4.78 is 1.68. The van der Waals surface area contributed by atoms with Crippen LogP contribution >= 0.6 is 0 Å². The number of aliphatic hydroxyl groups is 1. The van der Waals surface area contributed by atoms with Crippen molar-refractivity contribution in [3.63, 3.8) is 0 Å². The van der Waals surface area contributed by atoms with E-state index in [0.29, 0.717) is 12.4 Å². The van der Waals surface area contributed by atoms with Crippen molar-refractivity contribution in [3.05, 3.63) is 36.9 Å². The molecule has 0 atom stereocenters. The second kappa shape index (κ2) is 4.64. The third-order valence-electron chi connectivity index (χ3n) is 2.89. The molecule has 0 bridgehead atoms. The molecule has 1 aromatic carbocycles. The minimum Gasteiger partial charge on any atom is -0.389 e. The molecule has 2 aromatic heterocycles. The Labute approximate surface area is 116 Å². The molecule has 0 saturated heterocycles. The molecule has 0 radical (unpaired) electrons. The van der Waals surface area contributed by atoms with E-state index in [0.717, 1.165) is 16.6 Å². The molecule has 0 aliphatic carbocycles. The number of benzene rings is 1. The molecule has 0 spiro atoms. The maximum Gasteiger partial charge on any atom is 0.160 e. The Kier molecular flexibility index (Phi) is 2.94. The Morgan fingerprint density at radius 3 is 2.75 bits per heavy atom. The van der Waals surface area contributed by atoms with Gasteiger partial charge in [-0.05, 0) is 26.0 Å². The maximum absolute atomic E-state index is 9.96. The Balaban J connectivity index is 2.15. The predicted octanol–water partition coefficient (Wildman–Crippen LogP) is 1.66. The lowest BCUT2D eigenvalue weighted by Gasteiger charge is -2.18. The standard InChI is InChI=1S/C14H15N5O/c1-14(2,20)8-19-13(17-9-18-19)10-4-3-5-11-12(10)16-7-6-15-11/h3-7,9,20H,8H2,1-2H3. The molecule has 2 heterocycles. The molecule has 3 aromatic rings. The van der Waals surface area contributed by atoms with Crippen molar-refractivity contribution in [1.29, 1.82) is 0 Å². The molecule has 102 valence electrons. The van der Waals surface area contributed by atoms with E-state index in [1.54, 1.807) is 30.9 Å². The van der Waals surface area contributed by atoms with Gasteiger partial charge in [-0.25, -0.2) is 9.67 Å². The number of fused-ring (bicyclic) bond motifs is 1. The van der Waals surface area contributed by atoms with Crippen molar-refractivity contribution in [2.45, 2.75) is 26.0 Å². The minimum atomic E-state index is -0.862. The van der Waals surface area contributed by atoms with Crippen LogP contribution in [0.1, 0.15) is 13.8 Å². The van der Waals surface area contributed by atoms with E-state index in [2.05, 4.69) is 20.1 Å². The van der Waals surface area contributed by atoms with Crippen molar-refractivity contribution >= 4 is 11.0 Å². The van der Waals surface area contributed by atoms with Crippen molar-refractivity contribution in [2.75, 3.05) is 0 Å². The van der Waals surface area contributed by atoms with Gasteiger partial charge in [0.2, 0.25) is 0 Å². The molecule has 1 N–H and O–H groups in total. The van der Waals surface area contributed by atoms with Gasteiger partial charge in [0, 0.05) is 18.0 Å². The second-order valence-corrected chi connectivity index (χ2v) is 5.28. The van der Waals surface area contributed by atoms with Gasteiger partial charge in [-0.1, -0.05) is 6.07 Å². The van der Waals surface area contributed by atoms with E-state index in [1.807, 2.05) is 18.2 Å². The van der Waals surface area contributed by atoms with E-state index in [9.17, 15) is 5.11 Å². The Bertz CT molecular complexity index is 739. The molecule has 0 aliphatic heterocycles. The van der Waals surface area contributed by atoms with E-state index >= 15 is 0 Å². The molecular weight excluding hydrogens is 254 g/mol. The Morgan fingerprint density at radius 2 is 1.95 bits per heavy atom. The van der Waals surface area contributed by atoms with Gasteiger partial charge in [-0.3, -0.25) is 9.97 Å². The molecule has 3 rings (SSSR count). The summed E-state index contributed by atoms with van der Waals surface area (Å²) in [5.41, 5.74) is 1.58. The van der Waals surface area contributed by atoms with Gasteiger partial charge in [0.15, 0.2) is 5.82 Å². The second-order valence-electron chi connectivity index (χ2n) is 5.28. The largest absolute Gasteiger partial charge is 0.389 e. The first-order valence-electron chi connectivity index (χ1n) is 6.35. The summed E-state index contributed by atoms with van der Waals surface area (Å²) in [5.74, 6) is 0.679. The van der Waals surface area contributed by atoms with Crippen LogP contribution in [0.2, 0.25) is 0 Å². The number of para-hydroxylation sites is 1. The quantitative estimate of drug-likeness (QED) is 0.782. The zero-order valence-corrected chi connectivity index (χ0v) is 11.4. The maximum atomic E-state index is 9.96. The van der Waals surface area contributed by atoms with E-state index < -0.39 is 5.60 Å². The van der Waals surface area contributed by atoms with Gasteiger partial charge in [-0.2, -0.15) is 5.10 Å². The fourth-order valence-corrected chi connectivity index (χ4v) is 2.13. The molecule has 6 heteroatoms. The van der Waals surface area contributed by atoms with Crippen molar-refractivity contribution in [1.82, 2.24) is 24.7 Å². The molecule has 0 aliphatic rings. The lowest BCUT2D eigenvalue weighted by Crippen LogP contribution is -2.27. The van der Waals surface area contributed by atoms with Crippen molar-refractivity contribution in [3.8, 4) is 11.4 Å². The summed E-state index contributed by atoms with van der Waals surface area (Å²) in [5, 5.41) is 14.1. The number of hydrogen-bond donors (Lipinski definition) is 1. The monoisotopic (exact) mass is 269 g/mol. The lowest BCUT2D eigenvalue weighted by atomic mass is 10.1. The third-order valence-corrected chi connectivity index (χ3v) is 2.89. The highest BCUT2D eigenvalue weighted by Gasteiger charge is 2.18. The number of nitrogens with zero attached hydrogens (tertiary/aromatic N) is 5. The van der Waals surface area contributed by atoms with Crippen molar-refractivity contribution < 1.29 is 5.11 Å². The molecule has 6 nitrogen and oxygen atoms in total. The Hall–Kier alpha value is -2.34. The van der Waals surface area contributed by atoms with Crippen LogP contribution in [0.25, 0.3) is 22.4 Å². The summed E-state index contributed by atoms with van der Waals surface area (Å²) in [4.78, 5) is 12.9. The summed E-state index contributed by atoms with van der Waals surface area (Å²) in [6.45, 7) is 3.84. The van der Waals surface area contributed by atoms with Crippen molar-refractivity contribution in [2.24, 2.45) is 0 Å². The topological polar surface area (TPSA) is 76.7 Å². The first kappa shape index (κ1) is 12.7. The fourth-order valence-electron chi connectivity index (χ4n) is 2.13. The van der Waals surface area contributed by atoms with Gasteiger partial charge in [0.1, 0.15) is 6.33 Å². The van der Waals surface area contributed by atoms with Gasteiger partial charge >= 0.3 is 0 Å². The molecular formula is C14H15N5O. The highest BCUT2D eigenvalue weighted by Crippen LogP contribution is 2.24. The molecule has 0 fully saturated rings. The molecule has 0 amide bonds. The van der Waals surface area contributed by atoms with Crippen LogP contribution in [0.5, 0.6) is 0 Å². The highest BCUT2D eigenvalue weighted by atomic mass is 16.3. The summed E-state index contributed by atoms with van der Waals surface area (Å²) in [6.07, 6.45) is 4.80. The Morgan fingerprint density at radius 1 is 1.15 bits per heavy atom. The summed E-state index contributed by atoms with van der Waals surface area (Å²) >= 11 is 0. The highest BCUT2D eigenvalue weighted by molar-refractivity contribution is 5.89. The lowest BCUT2D eigenvalue weighted by molar-refractivity contribution is 0.0582. The van der Waals surface area contributed by atoms with Gasteiger partial charge in [0.25, 0.3) is 0 Å². The number of hydrogen-bond acceptors (Lipinski definition) is 5. The average molecular weight is 269 g/mol. The summed E-state index contributed by atoms with van der Waals surface area (Å²) in [6, 6.07) is 5.75.